The van der Waals surface area contributed by atoms with Gasteiger partial charge in [-0.15, -0.1) is 0 Å². The molecule has 5 N–H and O–H groups in total. The van der Waals surface area contributed by atoms with Crippen LogP contribution in [0.5, 0.6) is 0 Å². The van der Waals surface area contributed by atoms with E-state index in [9.17, 15) is 18.0 Å². The highest BCUT2D eigenvalue weighted by Crippen LogP contribution is 2.20. The fourth-order valence-corrected chi connectivity index (χ4v) is 4.98. The number of nitrogens with two attached hydrogens (primary N) is 1. The molecule has 0 saturated heterocycles. The number of aromatic nitrogens is 1. The molecule has 1 aromatic carbocycles. The predicted octanol–water partition coefficient (Wildman–Crippen LogP) is 0.0949. The lowest BCUT2D eigenvalue weighted by Crippen LogP contribution is -2.49. The molecule has 14 heteroatoms. The van der Waals surface area contributed by atoms with E-state index in [1.165, 1.54) is 13.8 Å². The maximum Gasteiger partial charge on any atom is 0.325 e. The lowest BCUT2D eigenvalue weighted by Gasteiger charge is -2.17. The number of benzene rings is 1. The van der Waals surface area contributed by atoms with Crippen molar-refractivity contribution in [3.63, 3.8) is 0 Å². The van der Waals surface area contributed by atoms with E-state index >= 15 is 0 Å². The Morgan fingerprint density at radius 2 is 1.97 bits per heavy atom. The number of hydrogen-bond donors (Lipinski definition) is 4. The molecule has 0 spiro atoms. The van der Waals surface area contributed by atoms with E-state index in [0.29, 0.717) is 17.7 Å². The number of oxime groups is 1. The first-order chi connectivity index (χ1) is 16.5. The summed E-state index contributed by atoms with van der Waals surface area (Å²) in [6.45, 7) is 2.54. The normalized spacial score (nSPS) is 16.2. The standard InChI is InChI=1S/C21H26N6O7S/c1-11-19(12(2)33-25-11)35(30,31)27-17(21(29)32-3)10-24-18(28)9-15-8-16(26-34-15)13-4-6-14(7-5-13)20(22)23/h4-7,15,17,27H,8-10H2,1-3H3,(H3,22,23)(H,24,28)/t15-,17+/m1/s1. The Balaban J connectivity index is 1.56. The predicted molar refractivity (Wildman–Crippen MR) is 123 cm³/mol. The minimum atomic E-state index is -4.17. The number of esters is 1. The highest BCUT2D eigenvalue weighted by molar-refractivity contribution is 7.89. The van der Waals surface area contributed by atoms with Gasteiger partial charge in [0.05, 0.1) is 19.2 Å². The summed E-state index contributed by atoms with van der Waals surface area (Å²) < 4.78 is 37.2. The molecule has 1 aliphatic rings. The molecule has 3 rings (SSSR count). The van der Waals surface area contributed by atoms with E-state index in [-0.39, 0.29) is 35.2 Å². The summed E-state index contributed by atoms with van der Waals surface area (Å²) in [7, 11) is -3.07. The third-order valence-electron chi connectivity index (χ3n) is 5.20. The lowest BCUT2D eigenvalue weighted by molar-refractivity contribution is -0.142. The zero-order valence-electron chi connectivity index (χ0n) is 19.3. The number of carbonyl (C=O) groups excluding carboxylic acids is 2. The molecule has 0 unspecified atom stereocenters. The van der Waals surface area contributed by atoms with Gasteiger partial charge in [0.1, 0.15) is 28.6 Å². The molecule has 1 aromatic heterocycles. The number of nitrogen functional groups attached to an aromatic ring is 1. The molecule has 0 radical (unpaired) electrons. The number of nitrogens with zero attached hydrogens (tertiary/aromatic N) is 2. The summed E-state index contributed by atoms with van der Waals surface area (Å²) in [6, 6.07) is 5.52. The average Bonchev–Trinajstić information content (AvgIpc) is 3.42. The van der Waals surface area contributed by atoms with Gasteiger partial charge in [0.15, 0.2) is 5.76 Å². The number of ether oxygens (including phenoxy) is 1. The Hall–Kier alpha value is -3.78. The van der Waals surface area contributed by atoms with Crippen molar-refractivity contribution in [2.75, 3.05) is 13.7 Å². The summed E-state index contributed by atoms with van der Waals surface area (Å²) in [6.07, 6.45) is -0.234. The maximum absolute atomic E-state index is 12.7. The van der Waals surface area contributed by atoms with Gasteiger partial charge in [-0.2, -0.15) is 4.72 Å². The average molecular weight is 507 g/mol. The van der Waals surface area contributed by atoms with E-state index < -0.39 is 34.0 Å². The van der Waals surface area contributed by atoms with Gasteiger partial charge in [-0.05, 0) is 19.4 Å². The number of sulfonamides is 1. The summed E-state index contributed by atoms with van der Waals surface area (Å²) >= 11 is 0. The Kier molecular flexibility index (Phi) is 7.86. The number of methoxy groups -OCH3 is 1. The summed E-state index contributed by atoms with van der Waals surface area (Å²) in [5, 5.41) is 17.6. The SMILES string of the molecule is COC(=O)[C@H](CNC(=O)C[C@H]1CC(c2ccc(C(=N)N)cc2)=NO1)NS(=O)(=O)c1c(C)noc1C. The number of carbonyl (C=O) groups is 2. The largest absolute Gasteiger partial charge is 0.468 e. The van der Waals surface area contributed by atoms with Crippen LogP contribution in [-0.2, 0) is 29.2 Å². The first-order valence-electron chi connectivity index (χ1n) is 10.5. The van der Waals surface area contributed by atoms with E-state index in [0.717, 1.165) is 12.7 Å². The van der Waals surface area contributed by atoms with E-state index in [2.05, 4.69) is 25.1 Å². The maximum atomic E-state index is 12.7. The molecule has 0 aliphatic carbocycles. The Bertz CT molecular complexity index is 1230. The van der Waals surface area contributed by atoms with E-state index in [1.54, 1.807) is 24.3 Å². The topological polar surface area (TPSA) is 199 Å². The van der Waals surface area contributed by atoms with E-state index in [4.69, 9.17) is 20.5 Å². The summed E-state index contributed by atoms with van der Waals surface area (Å²) in [4.78, 5) is 29.8. The first-order valence-corrected chi connectivity index (χ1v) is 12.0. The van der Waals surface area contributed by atoms with Gasteiger partial charge < -0.3 is 25.1 Å². The number of amidine groups is 1. The zero-order chi connectivity index (χ0) is 25.8. The molecular formula is C21H26N6O7S. The molecule has 2 aromatic rings. The molecule has 1 amide bonds. The molecular weight excluding hydrogens is 480 g/mol. The van der Waals surface area contributed by atoms with Crippen LogP contribution in [-0.4, -0.2) is 62.8 Å². The molecule has 0 bridgehead atoms. The minimum absolute atomic E-state index is 0.0463. The van der Waals surface area contributed by atoms with Crippen LogP contribution in [0.3, 0.4) is 0 Å². The minimum Gasteiger partial charge on any atom is -0.468 e. The highest BCUT2D eigenvalue weighted by atomic mass is 32.2. The number of aryl methyl sites for hydroxylation is 2. The van der Waals surface area contributed by atoms with E-state index in [1.807, 2.05) is 0 Å². The molecule has 0 fully saturated rings. The zero-order valence-corrected chi connectivity index (χ0v) is 20.1. The second-order valence-electron chi connectivity index (χ2n) is 7.82. The van der Waals surface area contributed by atoms with Gasteiger partial charge >= 0.3 is 5.97 Å². The van der Waals surface area contributed by atoms with Crippen LogP contribution < -0.4 is 15.8 Å². The van der Waals surface area contributed by atoms with Crippen LogP contribution >= 0.6 is 0 Å². The number of nitrogens with one attached hydrogen (secondary N) is 3. The van der Waals surface area contributed by atoms with Crippen molar-refractivity contribution >= 4 is 33.4 Å². The Morgan fingerprint density at radius 3 is 2.54 bits per heavy atom. The third-order valence-corrected chi connectivity index (χ3v) is 6.91. The highest BCUT2D eigenvalue weighted by Gasteiger charge is 2.32. The molecule has 188 valence electrons. The van der Waals surface area contributed by atoms with Crippen LogP contribution in [0.15, 0.2) is 38.8 Å². The van der Waals surface area contributed by atoms with Crippen molar-refractivity contribution in [1.29, 1.82) is 5.41 Å². The monoisotopic (exact) mass is 506 g/mol. The van der Waals surface area contributed by atoms with Crippen molar-refractivity contribution in [2.24, 2.45) is 10.9 Å². The number of rotatable bonds is 10. The Morgan fingerprint density at radius 1 is 1.29 bits per heavy atom. The summed E-state index contributed by atoms with van der Waals surface area (Å²) in [5.74, 6) is -1.33. The van der Waals surface area contributed by atoms with Gasteiger partial charge in [-0.1, -0.05) is 34.6 Å². The van der Waals surface area contributed by atoms with Crippen LogP contribution in [0.4, 0.5) is 0 Å². The molecule has 13 nitrogen and oxygen atoms in total. The van der Waals surface area contributed by atoms with Crippen molar-refractivity contribution in [1.82, 2.24) is 15.2 Å². The number of hydrogen-bond acceptors (Lipinski definition) is 10. The quantitative estimate of drug-likeness (QED) is 0.196. The fourth-order valence-electron chi connectivity index (χ4n) is 3.47. The van der Waals surface area contributed by atoms with Gasteiger partial charge in [0.2, 0.25) is 15.9 Å². The number of amides is 1. The van der Waals surface area contributed by atoms with Gasteiger partial charge in [0.25, 0.3) is 0 Å². The van der Waals surface area contributed by atoms with Crippen molar-refractivity contribution in [3.05, 3.63) is 46.8 Å². The fraction of sp³-hybridized carbons (Fsp3) is 0.381. The van der Waals surface area contributed by atoms with Crippen molar-refractivity contribution < 1.29 is 32.1 Å². The van der Waals surface area contributed by atoms with Crippen LogP contribution in [0.1, 0.15) is 35.4 Å². The molecule has 2 atom stereocenters. The van der Waals surface area contributed by atoms with Crippen LogP contribution in [0.25, 0.3) is 0 Å². The lowest BCUT2D eigenvalue weighted by atomic mass is 10.0. The van der Waals surface area contributed by atoms with Crippen molar-refractivity contribution in [2.45, 2.75) is 43.7 Å². The molecule has 0 saturated carbocycles. The second-order valence-corrected chi connectivity index (χ2v) is 9.47. The van der Waals surface area contributed by atoms with Gasteiger partial charge in [-0.3, -0.25) is 15.0 Å². The molecule has 35 heavy (non-hydrogen) atoms. The second kappa shape index (κ2) is 10.7. The van der Waals surface area contributed by atoms with Gasteiger partial charge in [-0.25, -0.2) is 8.42 Å². The molecule has 2 heterocycles. The van der Waals surface area contributed by atoms with Crippen molar-refractivity contribution in [3.8, 4) is 0 Å². The summed E-state index contributed by atoms with van der Waals surface area (Å²) in [5.41, 5.74) is 7.58. The van der Waals surface area contributed by atoms with Crippen LogP contribution in [0.2, 0.25) is 0 Å². The van der Waals surface area contributed by atoms with Gasteiger partial charge in [0, 0.05) is 18.5 Å². The smallest absolute Gasteiger partial charge is 0.325 e. The Labute approximate surface area is 201 Å². The van der Waals surface area contributed by atoms with Crippen LogP contribution in [0, 0.1) is 19.3 Å². The third kappa shape index (κ3) is 6.22. The first kappa shape index (κ1) is 25.8. The molecule has 1 aliphatic heterocycles.